The lowest BCUT2D eigenvalue weighted by atomic mass is 9.77. The van der Waals surface area contributed by atoms with Gasteiger partial charge in [-0.15, -0.1) is 0 Å². The van der Waals surface area contributed by atoms with Gasteiger partial charge in [0, 0.05) is 29.3 Å². The molecule has 2 heterocycles. The van der Waals surface area contributed by atoms with Crippen molar-refractivity contribution in [1.29, 1.82) is 0 Å². The quantitative estimate of drug-likeness (QED) is 0.876. The lowest BCUT2D eigenvalue weighted by Gasteiger charge is -2.43. The summed E-state index contributed by atoms with van der Waals surface area (Å²) in [6, 6.07) is 15.2. The van der Waals surface area contributed by atoms with Crippen molar-refractivity contribution in [3.05, 3.63) is 59.2 Å². The Hall–Kier alpha value is -2.00. The lowest BCUT2D eigenvalue weighted by molar-refractivity contribution is -0.0383. The van der Waals surface area contributed by atoms with Crippen molar-refractivity contribution in [3.63, 3.8) is 0 Å². The average molecular weight is 309 g/mol. The van der Waals surface area contributed by atoms with Gasteiger partial charge in [-0.3, -0.25) is 0 Å². The Morgan fingerprint density at radius 2 is 2.00 bits per heavy atom. The molecule has 1 unspecified atom stereocenters. The van der Waals surface area contributed by atoms with Crippen LogP contribution >= 0.6 is 0 Å². The molecular weight excluding hydrogens is 286 g/mol. The maximum atomic E-state index is 6.21. The molecule has 1 saturated heterocycles. The molecule has 120 valence electrons. The third-order valence-electron chi connectivity index (χ3n) is 5.09. The number of hydrogen-bond donors (Lipinski definition) is 1. The topological polar surface area (TPSA) is 30.5 Å². The average Bonchev–Trinajstić information content (AvgIpc) is 2.61. The number of anilines is 1. The predicted octanol–water partition coefficient (Wildman–Crippen LogP) is 4.64. The van der Waals surface area contributed by atoms with Crippen LogP contribution in [0, 0.1) is 12.8 Å². The number of benzene rings is 2. The zero-order valence-electron chi connectivity index (χ0n) is 13.7. The molecule has 23 heavy (non-hydrogen) atoms. The molecule has 0 amide bonds. The fourth-order valence-electron chi connectivity index (χ4n) is 4.02. The summed E-state index contributed by atoms with van der Waals surface area (Å²) in [5, 5.41) is 3.75. The number of aryl methyl sites for hydroxylation is 1. The van der Waals surface area contributed by atoms with Crippen molar-refractivity contribution in [2.45, 2.75) is 31.9 Å². The van der Waals surface area contributed by atoms with Gasteiger partial charge in [-0.05, 0) is 31.9 Å². The summed E-state index contributed by atoms with van der Waals surface area (Å²) in [5.74, 6) is 1.39. The van der Waals surface area contributed by atoms with E-state index in [9.17, 15) is 0 Å². The lowest BCUT2D eigenvalue weighted by Crippen LogP contribution is -2.36. The van der Waals surface area contributed by atoms with Gasteiger partial charge in [-0.1, -0.05) is 35.9 Å². The van der Waals surface area contributed by atoms with E-state index in [0.717, 1.165) is 18.8 Å². The Morgan fingerprint density at radius 3 is 2.87 bits per heavy atom. The molecule has 1 fully saturated rings. The van der Waals surface area contributed by atoms with Crippen molar-refractivity contribution in [2.24, 2.45) is 5.92 Å². The fourth-order valence-corrected chi connectivity index (χ4v) is 4.02. The summed E-state index contributed by atoms with van der Waals surface area (Å²) in [6.45, 7) is 3.00. The van der Waals surface area contributed by atoms with Crippen LogP contribution in [0.4, 0.5) is 5.69 Å². The van der Waals surface area contributed by atoms with Crippen LogP contribution in [0.5, 0.6) is 5.75 Å². The first-order valence-corrected chi connectivity index (χ1v) is 8.39. The highest BCUT2D eigenvalue weighted by Crippen LogP contribution is 2.50. The molecular formula is C20H23NO2. The van der Waals surface area contributed by atoms with Gasteiger partial charge in [0.2, 0.25) is 0 Å². The predicted molar refractivity (Wildman–Crippen MR) is 92.0 cm³/mol. The number of ether oxygens (including phenoxy) is 2. The van der Waals surface area contributed by atoms with E-state index in [1.165, 1.54) is 28.8 Å². The van der Waals surface area contributed by atoms with Crippen molar-refractivity contribution >= 4 is 5.69 Å². The van der Waals surface area contributed by atoms with Crippen LogP contribution in [0.1, 0.15) is 41.7 Å². The zero-order valence-corrected chi connectivity index (χ0v) is 13.7. The molecule has 0 aromatic heterocycles. The molecule has 2 aromatic carbocycles. The number of nitrogens with one attached hydrogen (secondary N) is 1. The number of rotatable bonds is 2. The van der Waals surface area contributed by atoms with Gasteiger partial charge < -0.3 is 14.8 Å². The largest absolute Gasteiger partial charge is 0.496 e. The normalized spacial score (nSPS) is 25.9. The molecule has 0 radical (unpaired) electrons. The van der Waals surface area contributed by atoms with Gasteiger partial charge in [0.25, 0.3) is 0 Å². The SMILES string of the molecule is COc1ccccc1C1Nc2ccc(C)cc2[C@H]2OCCC[C@@H]12. The Labute approximate surface area is 137 Å². The molecule has 4 rings (SSSR count). The molecule has 0 spiro atoms. The molecule has 3 atom stereocenters. The van der Waals surface area contributed by atoms with E-state index in [2.05, 4.69) is 42.6 Å². The molecule has 0 bridgehead atoms. The van der Waals surface area contributed by atoms with E-state index in [1.54, 1.807) is 7.11 Å². The summed E-state index contributed by atoms with van der Waals surface area (Å²) in [7, 11) is 1.74. The Balaban J connectivity index is 1.80. The summed E-state index contributed by atoms with van der Waals surface area (Å²) < 4.78 is 11.8. The molecule has 2 aromatic rings. The first kappa shape index (κ1) is 14.6. The van der Waals surface area contributed by atoms with Crippen molar-refractivity contribution in [1.82, 2.24) is 0 Å². The first-order valence-electron chi connectivity index (χ1n) is 8.39. The number of fused-ring (bicyclic) bond motifs is 3. The Kier molecular flexibility index (Phi) is 3.74. The fraction of sp³-hybridized carbons (Fsp3) is 0.400. The summed E-state index contributed by atoms with van der Waals surface area (Å²) in [4.78, 5) is 0. The molecule has 0 aliphatic carbocycles. The summed E-state index contributed by atoms with van der Waals surface area (Å²) >= 11 is 0. The van der Waals surface area contributed by atoms with Crippen LogP contribution in [0.15, 0.2) is 42.5 Å². The molecule has 2 aliphatic rings. The van der Waals surface area contributed by atoms with E-state index in [-0.39, 0.29) is 12.1 Å². The van der Waals surface area contributed by atoms with Gasteiger partial charge in [-0.25, -0.2) is 0 Å². The van der Waals surface area contributed by atoms with Gasteiger partial charge in [-0.2, -0.15) is 0 Å². The van der Waals surface area contributed by atoms with Crippen LogP contribution in [0.3, 0.4) is 0 Å². The Morgan fingerprint density at radius 1 is 1.13 bits per heavy atom. The molecule has 3 heteroatoms. The molecule has 2 aliphatic heterocycles. The molecule has 3 nitrogen and oxygen atoms in total. The van der Waals surface area contributed by atoms with Crippen molar-refractivity contribution in [2.75, 3.05) is 19.0 Å². The molecule has 0 saturated carbocycles. The van der Waals surface area contributed by atoms with Crippen LogP contribution < -0.4 is 10.1 Å². The second-order valence-electron chi connectivity index (χ2n) is 6.55. The highest BCUT2D eigenvalue weighted by Gasteiger charge is 2.40. The van der Waals surface area contributed by atoms with E-state index in [1.807, 2.05) is 12.1 Å². The highest BCUT2D eigenvalue weighted by atomic mass is 16.5. The number of hydrogen-bond acceptors (Lipinski definition) is 3. The smallest absolute Gasteiger partial charge is 0.124 e. The standard InChI is InChI=1S/C20H23NO2/c1-13-9-10-17-16(12-13)20-15(7-5-11-23-20)19(21-17)14-6-3-4-8-18(14)22-2/h3-4,6,8-10,12,15,19-21H,5,7,11H2,1-2H3/t15-,19?,20-/m0/s1. The van der Waals surface area contributed by atoms with E-state index < -0.39 is 0 Å². The summed E-state index contributed by atoms with van der Waals surface area (Å²) in [5.41, 5.74) is 5.01. The minimum Gasteiger partial charge on any atom is -0.496 e. The van der Waals surface area contributed by atoms with E-state index in [0.29, 0.717) is 5.92 Å². The maximum Gasteiger partial charge on any atom is 0.124 e. The zero-order chi connectivity index (χ0) is 15.8. The van der Waals surface area contributed by atoms with E-state index in [4.69, 9.17) is 9.47 Å². The van der Waals surface area contributed by atoms with Crippen molar-refractivity contribution < 1.29 is 9.47 Å². The second kappa shape index (κ2) is 5.89. The Bertz CT molecular complexity index is 713. The number of methoxy groups -OCH3 is 1. The first-order chi connectivity index (χ1) is 11.3. The monoisotopic (exact) mass is 309 g/mol. The van der Waals surface area contributed by atoms with Crippen LogP contribution in [-0.2, 0) is 4.74 Å². The molecule has 1 N–H and O–H groups in total. The minimum atomic E-state index is 0.176. The van der Waals surface area contributed by atoms with Gasteiger partial charge in [0.1, 0.15) is 5.75 Å². The van der Waals surface area contributed by atoms with Crippen molar-refractivity contribution in [3.8, 4) is 5.75 Å². The van der Waals surface area contributed by atoms with Crippen LogP contribution in [0.2, 0.25) is 0 Å². The third-order valence-corrected chi connectivity index (χ3v) is 5.09. The maximum absolute atomic E-state index is 6.21. The van der Waals surface area contributed by atoms with Gasteiger partial charge in [0.05, 0.1) is 19.3 Å². The summed E-state index contributed by atoms with van der Waals surface area (Å²) in [6.07, 6.45) is 2.47. The second-order valence-corrected chi connectivity index (χ2v) is 6.55. The van der Waals surface area contributed by atoms with Gasteiger partial charge in [0.15, 0.2) is 0 Å². The van der Waals surface area contributed by atoms with Crippen LogP contribution in [-0.4, -0.2) is 13.7 Å². The highest BCUT2D eigenvalue weighted by molar-refractivity contribution is 5.59. The van der Waals surface area contributed by atoms with E-state index >= 15 is 0 Å². The van der Waals surface area contributed by atoms with Crippen LogP contribution in [0.25, 0.3) is 0 Å². The minimum absolute atomic E-state index is 0.176. The van der Waals surface area contributed by atoms with Gasteiger partial charge >= 0.3 is 0 Å². The number of para-hydroxylation sites is 1. The third kappa shape index (κ3) is 2.49.